The van der Waals surface area contributed by atoms with E-state index < -0.39 is 5.69 Å². The number of ether oxygens (including phenoxy) is 2. The van der Waals surface area contributed by atoms with Crippen LogP contribution in [-0.2, 0) is 17.9 Å². The molecule has 0 atom stereocenters. The fraction of sp³-hybridized carbons (Fsp3) is 0.240. The lowest BCUT2D eigenvalue weighted by molar-refractivity contribution is -0.121. The van der Waals surface area contributed by atoms with Crippen LogP contribution in [0.2, 0.25) is 0 Å². The third-order valence-electron chi connectivity index (χ3n) is 5.59. The summed E-state index contributed by atoms with van der Waals surface area (Å²) in [5.74, 6) is 0.804. The number of aromatic nitrogens is 2. The predicted octanol–water partition coefficient (Wildman–Crippen LogP) is 3.16. The Balaban J connectivity index is 1.66. The van der Waals surface area contributed by atoms with Gasteiger partial charge in [-0.15, -0.1) is 11.3 Å². The van der Waals surface area contributed by atoms with Gasteiger partial charge in [0, 0.05) is 6.54 Å². The number of benzene rings is 2. The minimum Gasteiger partial charge on any atom is -0.493 e. The van der Waals surface area contributed by atoms with Crippen LogP contribution in [0.15, 0.2) is 57.4 Å². The number of rotatable bonds is 7. The monoisotopic (exact) mass is 479 g/mol. The standard InChI is InChI=1S/C25H25N3O5S/c1-15-5-7-18(16(2)11-15)28-24(30)23-19(9-10-34-23)27(25(28)31)14-22(29)26-13-17-6-8-20(32-3)21(12-17)33-4/h5-12H,13-14H2,1-4H3,(H,26,29). The topological polar surface area (TPSA) is 91.6 Å². The molecule has 0 aliphatic carbocycles. The third-order valence-corrected chi connectivity index (χ3v) is 6.48. The van der Waals surface area contributed by atoms with Gasteiger partial charge in [0.15, 0.2) is 11.5 Å². The molecule has 0 saturated carbocycles. The van der Waals surface area contributed by atoms with Gasteiger partial charge in [-0.05, 0) is 54.6 Å². The Morgan fingerprint density at radius 3 is 2.47 bits per heavy atom. The lowest BCUT2D eigenvalue weighted by Gasteiger charge is -2.14. The van der Waals surface area contributed by atoms with E-state index in [0.29, 0.717) is 27.4 Å². The Bertz CT molecular complexity index is 1500. The van der Waals surface area contributed by atoms with Gasteiger partial charge >= 0.3 is 5.69 Å². The van der Waals surface area contributed by atoms with Crippen LogP contribution in [0.1, 0.15) is 16.7 Å². The second-order valence-electron chi connectivity index (χ2n) is 7.90. The fourth-order valence-corrected chi connectivity index (χ4v) is 4.72. The predicted molar refractivity (Wildman–Crippen MR) is 133 cm³/mol. The highest BCUT2D eigenvalue weighted by Gasteiger charge is 2.18. The number of hydrogen-bond acceptors (Lipinski definition) is 6. The van der Waals surface area contributed by atoms with Crippen molar-refractivity contribution in [3.05, 3.63) is 85.4 Å². The molecule has 0 radical (unpaired) electrons. The molecular formula is C25H25N3O5S. The number of carbonyl (C=O) groups excluding carboxylic acids is 1. The molecule has 0 aliphatic rings. The molecule has 0 unspecified atom stereocenters. The number of nitrogens with zero attached hydrogens (tertiary/aromatic N) is 2. The van der Waals surface area contributed by atoms with E-state index in [2.05, 4.69) is 5.32 Å². The second kappa shape index (κ2) is 9.56. The smallest absolute Gasteiger partial charge is 0.336 e. The molecule has 1 amide bonds. The van der Waals surface area contributed by atoms with Crippen molar-refractivity contribution in [2.75, 3.05) is 14.2 Å². The average molecular weight is 480 g/mol. The molecule has 34 heavy (non-hydrogen) atoms. The normalized spacial score (nSPS) is 10.9. The highest BCUT2D eigenvalue weighted by atomic mass is 32.1. The summed E-state index contributed by atoms with van der Waals surface area (Å²) < 4.78 is 13.5. The van der Waals surface area contributed by atoms with E-state index in [1.54, 1.807) is 43.9 Å². The molecule has 2 aromatic heterocycles. The third kappa shape index (κ3) is 4.34. The van der Waals surface area contributed by atoms with E-state index in [9.17, 15) is 14.4 Å². The van der Waals surface area contributed by atoms with Crippen molar-refractivity contribution in [2.45, 2.75) is 26.9 Å². The summed E-state index contributed by atoms with van der Waals surface area (Å²) >= 11 is 1.25. The fourth-order valence-electron chi connectivity index (χ4n) is 3.90. The van der Waals surface area contributed by atoms with Crippen LogP contribution in [0.25, 0.3) is 15.9 Å². The lowest BCUT2D eigenvalue weighted by Crippen LogP contribution is -2.41. The maximum atomic E-state index is 13.4. The summed E-state index contributed by atoms with van der Waals surface area (Å²) in [5, 5.41) is 4.58. The van der Waals surface area contributed by atoms with Gasteiger partial charge in [0.25, 0.3) is 5.56 Å². The number of carbonyl (C=O) groups is 1. The molecule has 0 spiro atoms. The summed E-state index contributed by atoms with van der Waals surface area (Å²) in [5.41, 5.74) is 2.67. The number of methoxy groups -OCH3 is 2. The van der Waals surface area contributed by atoms with E-state index >= 15 is 0 Å². The minimum absolute atomic E-state index is 0.218. The summed E-state index contributed by atoms with van der Waals surface area (Å²) in [6.07, 6.45) is 0. The minimum atomic E-state index is -0.552. The van der Waals surface area contributed by atoms with Crippen molar-refractivity contribution >= 4 is 27.5 Å². The molecule has 0 fully saturated rings. The first-order chi connectivity index (χ1) is 16.3. The van der Waals surface area contributed by atoms with Crippen molar-refractivity contribution < 1.29 is 14.3 Å². The van der Waals surface area contributed by atoms with Crippen LogP contribution in [0.3, 0.4) is 0 Å². The summed E-state index contributed by atoms with van der Waals surface area (Å²) in [6, 6.07) is 12.6. The van der Waals surface area contributed by atoms with Crippen LogP contribution in [0, 0.1) is 13.8 Å². The number of aryl methyl sites for hydroxylation is 2. The molecule has 4 aromatic rings. The van der Waals surface area contributed by atoms with Crippen LogP contribution in [0.5, 0.6) is 11.5 Å². The number of nitrogens with one attached hydrogen (secondary N) is 1. The largest absolute Gasteiger partial charge is 0.493 e. The summed E-state index contributed by atoms with van der Waals surface area (Å²) in [7, 11) is 3.10. The Labute approximate surface area is 200 Å². The van der Waals surface area contributed by atoms with Crippen molar-refractivity contribution in [2.24, 2.45) is 0 Å². The molecule has 0 bridgehead atoms. The zero-order valence-electron chi connectivity index (χ0n) is 19.4. The molecule has 9 heteroatoms. The molecule has 2 heterocycles. The highest BCUT2D eigenvalue weighted by molar-refractivity contribution is 7.17. The number of fused-ring (bicyclic) bond motifs is 1. The zero-order valence-corrected chi connectivity index (χ0v) is 20.2. The molecule has 1 N–H and O–H groups in total. The molecule has 0 saturated heterocycles. The first kappa shape index (κ1) is 23.3. The zero-order chi connectivity index (χ0) is 24.4. The number of amides is 1. The van der Waals surface area contributed by atoms with Crippen molar-refractivity contribution in [3.8, 4) is 17.2 Å². The van der Waals surface area contributed by atoms with Gasteiger partial charge in [0.1, 0.15) is 11.2 Å². The first-order valence-electron chi connectivity index (χ1n) is 10.6. The van der Waals surface area contributed by atoms with E-state index in [0.717, 1.165) is 21.3 Å². The highest BCUT2D eigenvalue weighted by Crippen LogP contribution is 2.27. The second-order valence-corrected chi connectivity index (χ2v) is 8.82. The number of thiophene rings is 1. The van der Waals surface area contributed by atoms with Crippen LogP contribution in [-0.4, -0.2) is 29.3 Å². The Hall–Kier alpha value is -3.85. The van der Waals surface area contributed by atoms with Crippen LogP contribution < -0.4 is 26.0 Å². The molecule has 176 valence electrons. The SMILES string of the molecule is COc1ccc(CNC(=O)Cn2c(=O)n(-c3ccc(C)cc3C)c(=O)c3sccc32)cc1OC. The van der Waals surface area contributed by atoms with E-state index in [-0.39, 0.29) is 24.6 Å². The van der Waals surface area contributed by atoms with Crippen LogP contribution in [0.4, 0.5) is 0 Å². The maximum absolute atomic E-state index is 13.4. The summed E-state index contributed by atoms with van der Waals surface area (Å²) in [6.45, 7) is 3.83. The van der Waals surface area contributed by atoms with Crippen molar-refractivity contribution in [3.63, 3.8) is 0 Å². The van der Waals surface area contributed by atoms with Crippen molar-refractivity contribution in [1.82, 2.24) is 14.5 Å². The van der Waals surface area contributed by atoms with Crippen LogP contribution >= 0.6 is 11.3 Å². The van der Waals surface area contributed by atoms with Gasteiger partial charge in [0.05, 0.1) is 25.4 Å². The van der Waals surface area contributed by atoms with Gasteiger partial charge in [-0.1, -0.05) is 23.8 Å². The Morgan fingerprint density at radius 2 is 1.76 bits per heavy atom. The maximum Gasteiger partial charge on any atom is 0.336 e. The van der Waals surface area contributed by atoms with Gasteiger partial charge in [-0.3, -0.25) is 14.2 Å². The Kier molecular flexibility index (Phi) is 6.56. The van der Waals surface area contributed by atoms with Crippen molar-refractivity contribution in [1.29, 1.82) is 0 Å². The molecule has 0 aliphatic heterocycles. The first-order valence-corrected chi connectivity index (χ1v) is 11.5. The molecular weight excluding hydrogens is 454 g/mol. The Morgan fingerprint density at radius 1 is 1.00 bits per heavy atom. The van der Waals surface area contributed by atoms with Gasteiger partial charge in [0.2, 0.25) is 5.91 Å². The summed E-state index contributed by atoms with van der Waals surface area (Å²) in [4.78, 5) is 39.4. The van der Waals surface area contributed by atoms with Gasteiger partial charge in [-0.2, -0.15) is 0 Å². The molecule has 4 rings (SSSR count). The van der Waals surface area contributed by atoms with Gasteiger partial charge in [-0.25, -0.2) is 9.36 Å². The quantitative estimate of drug-likeness (QED) is 0.440. The molecule has 8 nitrogen and oxygen atoms in total. The van der Waals surface area contributed by atoms with E-state index in [1.165, 1.54) is 15.9 Å². The van der Waals surface area contributed by atoms with Gasteiger partial charge < -0.3 is 14.8 Å². The van der Waals surface area contributed by atoms with E-state index in [4.69, 9.17) is 9.47 Å². The molecule has 2 aromatic carbocycles. The average Bonchev–Trinajstić information content (AvgIpc) is 3.31. The lowest BCUT2D eigenvalue weighted by atomic mass is 10.1. The van der Waals surface area contributed by atoms with E-state index in [1.807, 2.05) is 32.0 Å². The number of hydrogen-bond donors (Lipinski definition) is 1.